The first kappa shape index (κ1) is 17.0. The molecule has 0 bridgehead atoms. The van der Waals surface area contributed by atoms with Gasteiger partial charge in [-0.05, 0) is 45.1 Å². The molecule has 3 unspecified atom stereocenters. The lowest BCUT2D eigenvalue weighted by Gasteiger charge is -2.36. The van der Waals surface area contributed by atoms with E-state index >= 15 is 0 Å². The first-order chi connectivity index (χ1) is 11.1. The van der Waals surface area contributed by atoms with Gasteiger partial charge < -0.3 is 15.0 Å². The Labute approximate surface area is 141 Å². The number of hydrogen-bond donors (Lipinski definition) is 1. The van der Waals surface area contributed by atoms with Gasteiger partial charge in [0, 0.05) is 51.3 Å². The van der Waals surface area contributed by atoms with Crippen LogP contribution in [0.25, 0.3) is 0 Å². The summed E-state index contributed by atoms with van der Waals surface area (Å²) in [5, 5.41) is 3.62. The van der Waals surface area contributed by atoms with Gasteiger partial charge in [-0.2, -0.15) is 0 Å². The summed E-state index contributed by atoms with van der Waals surface area (Å²) >= 11 is 0. The molecule has 1 spiro atoms. The van der Waals surface area contributed by atoms with Crippen LogP contribution in [0.4, 0.5) is 0 Å². The van der Waals surface area contributed by atoms with Crippen LogP contribution in [0.15, 0.2) is 4.99 Å². The fraction of sp³-hybridized carbons (Fsp3) is 0.944. The Morgan fingerprint density at radius 2 is 2.26 bits per heavy atom. The monoisotopic (exact) mass is 322 g/mol. The zero-order valence-corrected chi connectivity index (χ0v) is 15.2. The van der Waals surface area contributed by atoms with Crippen molar-refractivity contribution in [2.45, 2.75) is 45.6 Å². The van der Waals surface area contributed by atoms with Gasteiger partial charge in [-0.3, -0.25) is 9.89 Å². The normalized spacial score (nSPS) is 34.3. The molecular weight excluding hydrogens is 288 g/mol. The lowest BCUT2D eigenvalue weighted by molar-refractivity contribution is 0.139. The first-order valence-electron chi connectivity index (χ1n) is 9.39. The van der Waals surface area contributed by atoms with E-state index < -0.39 is 0 Å². The van der Waals surface area contributed by atoms with Gasteiger partial charge >= 0.3 is 0 Å². The summed E-state index contributed by atoms with van der Waals surface area (Å²) in [5.74, 6) is 1.91. The number of nitrogens with zero attached hydrogens (tertiary/aromatic N) is 3. The van der Waals surface area contributed by atoms with E-state index in [0.29, 0.717) is 11.5 Å². The largest absolute Gasteiger partial charge is 0.381 e. The second kappa shape index (κ2) is 7.39. The number of ether oxygens (including phenoxy) is 1. The maximum absolute atomic E-state index is 5.64. The molecule has 3 fully saturated rings. The lowest BCUT2D eigenvalue weighted by Crippen LogP contribution is -2.49. The van der Waals surface area contributed by atoms with Crippen molar-refractivity contribution in [3.8, 4) is 0 Å². The molecule has 3 aliphatic heterocycles. The molecule has 3 heterocycles. The van der Waals surface area contributed by atoms with Crippen LogP contribution in [0.3, 0.4) is 0 Å². The highest BCUT2D eigenvalue weighted by Gasteiger charge is 2.42. The molecule has 3 aliphatic rings. The second-order valence-corrected chi connectivity index (χ2v) is 7.99. The molecule has 3 rings (SSSR count). The molecule has 1 N–H and O–H groups in total. The lowest BCUT2D eigenvalue weighted by atomic mass is 9.87. The van der Waals surface area contributed by atoms with Crippen molar-refractivity contribution in [2.75, 3.05) is 53.0 Å². The van der Waals surface area contributed by atoms with E-state index in [4.69, 9.17) is 4.74 Å². The second-order valence-electron chi connectivity index (χ2n) is 7.99. The minimum Gasteiger partial charge on any atom is -0.381 e. The van der Waals surface area contributed by atoms with E-state index in [1.807, 2.05) is 7.05 Å². The Balaban J connectivity index is 1.48. The average molecular weight is 322 g/mol. The highest BCUT2D eigenvalue weighted by Crippen LogP contribution is 2.38. The summed E-state index contributed by atoms with van der Waals surface area (Å²) in [7, 11) is 1.91. The van der Waals surface area contributed by atoms with Crippen molar-refractivity contribution in [1.82, 2.24) is 15.1 Å². The standard InChI is InChI=1S/C18H34N4O/c1-15-5-4-8-21(12-15)16(2)11-20-17(19-3)22-9-6-18(13-22)7-10-23-14-18/h15-16H,4-14H2,1-3H3,(H,19,20). The van der Waals surface area contributed by atoms with E-state index in [9.17, 15) is 0 Å². The third-order valence-electron chi connectivity index (χ3n) is 6.00. The van der Waals surface area contributed by atoms with Crippen LogP contribution in [0, 0.1) is 11.3 Å². The smallest absolute Gasteiger partial charge is 0.193 e. The van der Waals surface area contributed by atoms with Gasteiger partial charge in [-0.25, -0.2) is 0 Å². The van der Waals surface area contributed by atoms with E-state index in [0.717, 1.165) is 44.7 Å². The maximum atomic E-state index is 5.64. The molecule has 132 valence electrons. The molecular formula is C18H34N4O. The molecule has 0 aliphatic carbocycles. The Hall–Kier alpha value is -0.810. The van der Waals surface area contributed by atoms with E-state index in [1.54, 1.807) is 0 Å². The summed E-state index contributed by atoms with van der Waals surface area (Å²) in [5.41, 5.74) is 0.394. The summed E-state index contributed by atoms with van der Waals surface area (Å²) in [6.07, 6.45) is 5.18. The van der Waals surface area contributed by atoms with E-state index in [-0.39, 0.29) is 0 Å². The number of likely N-dealkylation sites (tertiary alicyclic amines) is 2. The third-order valence-corrected chi connectivity index (χ3v) is 6.00. The third kappa shape index (κ3) is 4.00. The van der Waals surface area contributed by atoms with Crippen LogP contribution in [0.2, 0.25) is 0 Å². The molecule has 0 saturated carbocycles. The van der Waals surface area contributed by atoms with Crippen LogP contribution in [-0.2, 0) is 4.74 Å². The van der Waals surface area contributed by atoms with Crippen molar-refractivity contribution in [3.63, 3.8) is 0 Å². The van der Waals surface area contributed by atoms with Crippen LogP contribution < -0.4 is 5.32 Å². The highest BCUT2D eigenvalue weighted by molar-refractivity contribution is 5.80. The van der Waals surface area contributed by atoms with Crippen LogP contribution >= 0.6 is 0 Å². The summed E-state index contributed by atoms with van der Waals surface area (Å²) in [6.45, 7) is 12.3. The number of rotatable bonds is 3. The maximum Gasteiger partial charge on any atom is 0.193 e. The minimum atomic E-state index is 0.394. The zero-order chi connectivity index (χ0) is 16.3. The Bertz CT molecular complexity index is 419. The Morgan fingerprint density at radius 1 is 1.39 bits per heavy atom. The molecule has 0 amide bonds. The van der Waals surface area contributed by atoms with Gasteiger partial charge in [0.15, 0.2) is 5.96 Å². The Morgan fingerprint density at radius 3 is 2.96 bits per heavy atom. The molecule has 0 aromatic carbocycles. The molecule has 3 atom stereocenters. The molecule has 0 aromatic heterocycles. The number of nitrogens with one attached hydrogen (secondary N) is 1. The van der Waals surface area contributed by atoms with Crippen molar-refractivity contribution in [3.05, 3.63) is 0 Å². The fourth-order valence-corrected chi connectivity index (χ4v) is 4.41. The number of guanidine groups is 1. The SMILES string of the molecule is CN=C(NCC(C)N1CCCC(C)C1)N1CCC2(CCOC2)C1. The molecule has 0 radical (unpaired) electrons. The highest BCUT2D eigenvalue weighted by atomic mass is 16.5. The summed E-state index contributed by atoms with van der Waals surface area (Å²) in [6, 6.07) is 0.570. The summed E-state index contributed by atoms with van der Waals surface area (Å²) < 4.78 is 5.64. The van der Waals surface area contributed by atoms with Crippen LogP contribution in [0.1, 0.15) is 39.5 Å². The molecule has 5 nitrogen and oxygen atoms in total. The van der Waals surface area contributed by atoms with Crippen molar-refractivity contribution < 1.29 is 4.74 Å². The zero-order valence-electron chi connectivity index (χ0n) is 15.2. The first-order valence-corrected chi connectivity index (χ1v) is 9.39. The van der Waals surface area contributed by atoms with Gasteiger partial charge in [0.05, 0.1) is 6.61 Å². The van der Waals surface area contributed by atoms with Gasteiger partial charge in [-0.15, -0.1) is 0 Å². The van der Waals surface area contributed by atoms with Gasteiger partial charge in [0.25, 0.3) is 0 Å². The predicted molar refractivity (Wildman–Crippen MR) is 94.9 cm³/mol. The number of hydrogen-bond acceptors (Lipinski definition) is 3. The quantitative estimate of drug-likeness (QED) is 0.635. The molecule has 0 aromatic rings. The van der Waals surface area contributed by atoms with E-state index in [1.165, 1.54) is 38.8 Å². The molecule has 3 saturated heterocycles. The average Bonchev–Trinajstić information content (AvgIpc) is 3.18. The van der Waals surface area contributed by atoms with Gasteiger partial charge in [-0.1, -0.05) is 6.92 Å². The van der Waals surface area contributed by atoms with E-state index in [2.05, 4.69) is 34.0 Å². The fourth-order valence-electron chi connectivity index (χ4n) is 4.41. The molecule has 23 heavy (non-hydrogen) atoms. The van der Waals surface area contributed by atoms with Gasteiger partial charge in [0.1, 0.15) is 0 Å². The summed E-state index contributed by atoms with van der Waals surface area (Å²) in [4.78, 5) is 9.59. The van der Waals surface area contributed by atoms with Crippen molar-refractivity contribution >= 4 is 5.96 Å². The van der Waals surface area contributed by atoms with Crippen LogP contribution in [-0.4, -0.2) is 74.8 Å². The van der Waals surface area contributed by atoms with Crippen molar-refractivity contribution in [2.24, 2.45) is 16.3 Å². The predicted octanol–water partition coefficient (Wildman–Crippen LogP) is 1.79. The molecule has 5 heteroatoms. The van der Waals surface area contributed by atoms with Gasteiger partial charge in [0.2, 0.25) is 0 Å². The topological polar surface area (TPSA) is 40.1 Å². The number of piperidine rings is 1. The van der Waals surface area contributed by atoms with Crippen molar-refractivity contribution in [1.29, 1.82) is 0 Å². The Kier molecular flexibility index (Phi) is 5.47. The van der Waals surface area contributed by atoms with Crippen LogP contribution in [0.5, 0.6) is 0 Å². The minimum absolute atomic E-state index is 0.394. The number of aliphatic imine (C=N–C) groups is 1.